The number of anilines is 1. The molecule has 1 amide bonds. The molecule has 6 nitrogen and oxygen atoms in total. The fourth-order valence-electron chi connectivity index (χ4n) is 5.04. The Kier molecular flexibility index (Phi) is 3.93. The van der Waals surface area contributed by atoms with Gasteiger partial charge in [-0.15, -0.1) is 0 Å². The minimum absolute atomic E-state index is 0.158. The maximum absolute atomic E-state index is 14.9. The molecule has 3 heterocycles. The number of nitrogens with two attached hydrogens (primary N) is 1. The second kappa shape index (κ2) is 6.63. The molecule has 1 atom stereocenters. The number of carbonyl (C=O) groups excluding carboxylic acids is 1. The average molecular weight is 427 g/mol. The number of nitrogens with zero attached hydrogens (tertiary/aromatic N) is 3. The van der Waals surface area contributed by atoms with Crippen molar-refractivity contribution in [3.05, 3.63) is 76.9 Å². The summed E-state index contributed by atoms with van der Waals surface area (Å²) in [5.41, 5.74) is 12.3. The lowest BCUT2D eigenvalue weighted by Gasteiger charge is -2.18. The van der Waals surface area contributed by atoms with E-state index in [-0.39, 0.29) is 22.7 Å². The molecule has 1 saturated carbocycles. The first kappa shape index (κ1) is 19.0. The summed E-state index contributed by atoms with van der Waals surface area (Å²) in [6, 6.07) is 11.3. The van der Waals surface area contributed by atoms with E-state index in [1.807, 2.05) is 12.1 Å². The average Bonchev–Trinajstić information content (AvgIpc) is 3.36. The number of rotatable bonds is 3. The molecular weight excluding hydrogens is 405 g/mol. The van der Waals surface area contributed by atoms with E-state index in [1.165, 1.54) is 17.2 Å². The minimum Gasteiger partial charge on any atom is -0.382 e. The molecule has 0 radical (unpaired) electrons. The molecule has 2 aromatic carbocycles. The van der Waals surface area contributed by atoms with Crippen LogP contribution in [0.3, 0.4) is 0 Å². The standard InChI is InChI=1S/C25H22FN5O/c1-31-12-17-10-25(17,13-31)16-4-2-14(3-5-16)21-11-29-23(27)22(30-21)19-8-15-6-7-28-24(32)18(15)9-20(19)26/h2-5,8-9,11-12H,6-7,10,13H2,1H3,(H2,27,29)(H,28,32)/t25-/m0/s1. The highest BCUT2D eigenvalue weighted by Gasteiger charge is 2.54. The summed E-state index contributed by atoms with van der Waals surface area (Å²) in [6.45, 7) is 1.54. The van der Waals surface area contributed by atoms with E-state index in [1.54, 1.807) is 12.3 Å². The number of hydrogen-bond acceptors (Lipinski definition) is 5. The van der Waals surface area contributed by atoms with Gasteiger partial charge in [0.2, 0.25) is 0 Å². The van der Waals surface area contributed by atoms with Crippen molar-refractivity contribution in [3.8, 4) is 22.5 Å². The topological polar surface area (TPSA) is 84.1 Å². The fraction of sp³-hybridized carbons (Fsp3) is 0.240. The quantitative estimate of drug-likeness (QED) is 0.670. The third-order valence-corrected chi connectivity index (χ3v) is 6.78. The van der Waals surface area contributed by atoms with Crippen LogP contribution in [0.2, 0.25) is 0 Å². The van der Waals surface area contributed by atoms with Crippen molar-refractivity contribution in [3.63, 3.8) is 0 Å². The SMILES string of the molecule is CN1C=C2C[C@@]2(c2ccc(-c3cnc(N)c(-c4cc5c(cc4F)C(=O)NCC5)n3)cc2)C1. The highest BCUT2D eigenvalue weighted by molar-refractivity contribution is 5.97. The summed E-state index contributed by atoms with van der Waals surface area (Å²) < 4.78 is 14.9. The number of nitrogen functional groups attached to an aromatic ring is 1. The Hall–Kier alpha value is -3.74. The molecule has 3 aliphatic rings. The van der Waals surface area contributed by atoms with Crippen molar-refractivity contribution in [1.29, 1.82) is 0 Å². The molecule has 0 bridgehead atoms. The molecule has 32 heavy (non-hydrogen) atoms. The van der Waals surface area contributed by atoms with Gasteiger partial charge in [0.25, 0.3) is 5.91 Å². The number of hydrogen-bond donors (Lipinski definition) is 2. The van der Waals surface area contributed by atoms with Gasteiger partial charge in [0.05, 0.1) is 11.9 Å². The van der Waals surface area contributed by atoms with Crippen LogP contribution in [0.25, 0.3) is 22.5 Å². The van der Waals surface area contributed by atoms with Crippen LogP contribution in [-0.2, 0) is 11.8 Å². The van der Waals surface area contributed by atoms with Crippen LogP contribution in [0, 0.1) is 5.82 Å². The van der Waals surface area contributed by atoms with Gasteiger partial charge in [-0.1, -0.05) is 24.3 Å². The summed E-state index contributed by atoms with van der Waals surface area (Å²) in [7, 11) is 2.10. The van der Waals surface area contributed by atoms with Crippen molar-refractivity contribution in [2.45, 2.75) is 18.3 Å². The van der Waals surface area contributed by atoms with Crippen LogP contribution >= 0.6 is 0 Å². The molecule has 6 rings (SSSR count). The maximum atomic E-state index is 14.9. The Labute approximate surface area is 185 Å². The summed E-state index contributed by atoms with van der Waals surface area (Å²) in [4.78, 5) is 23.2. The molecule has 0 unspecified atom stereocenters. The molecule has 1 aliphatic carbocycles. The molecule has 7 heteroatoms. The lowest BCUT2D eigenvalue weighted by Crippen LogP contribution is -2.32. The van der Waals surface area contributed by atoms with Gasteiger partial charge < -0.3 is 16.0 Å². The van der Waals surface area contributed by atoms with Gasteiger partial charge in [-0.05, 0) is 47.9 Å². The summed E-state index contributed by atoms with van der Waals surface area (Å²) >= 11 is 0. The smallest absolute Gasteiger partial charge is 0.251 e. The summed E-state index contributed by atoms with van der Waals surface area (Å²) in [6.07, 6.45) is 5.61. The number of carbonyl (C=O) groups is 1. The van der Waals surface area contributed by atoms with Crippen molar-refractivity contribution < 1.29 is 9.18 Å². The number of fused-ring (bicyclic) bond motifs is 2. The van der Waals surface area contributed by atoms with Crippen molar-refractivity contribution >= 4 is 11.7 Å². The molecule has 160 valence electrons. The van der Waals surface area contributed by atoms with Crippen molar-refractivity contribution in [1.82, 2.24) is 20.2 Å². The van der Waals surface area contributed by atoms with Gasteiger partial charge in [0.15, 0.2) is 0 Å². The lowest BCUT2D eigenvalue weighted by atomic mass is 9.94. The molecule has 0 spiro atoms. The van der Waals surface area contributed by atoms with Crippen molar-refractivity contribution in [2.24, 2.45) is 0 Å². The molecular formula is C25H22FN5O. The Morgan fingerprint density at radius 2 is 2.00 bits per heavy atom. The van der Waals surface area contributed by atoms with E-state index in [9.17, 15) is 9.18 Å². The molecule has 0 saturated heterocycles. The van der Waals surface area contributed by atoms with E-state index in [0.717, 1.165) is 24.1 Å². The number of halogens is 1. The fourth-order valence-corrected chi connectivity index (χ4v) is 5.04. The van der Waals surface area contributed by atoms with Crippen LogP contribution in [0.5, 0.6) is 0 Å². The highest BCUT2D eigenvalue weighted by Crippen LogP contribution is 2.57. The van der Waals surface area contributed by atoms with Gasteiger partial charge in [-0.3, -0.25) is 4.79 Å². The molecule has 3 aromatic rings. The minimum atomic E-state index is -0.535. The highest BCUT2D eigenvalue weighted by atomic mass is 19.1. The third kappa shape index (κ3) is 2.81. The maximum Gasteiger partial charge on any atom is 0.251 e. The Morgan fingerprint density at radius 3 is 2.75 bits per heavy atom. The van der Waals surface area contributed by atoms with Crippen LogP contribution < -0.4 is 11.1 Å². The zero-order chi connectivity index (χ0) is 22.0. The van der Waals surface area contributed by atoms with Gasteiger partial charge >= 0.3 is 0 Å². The first-order chi connectivity index (χ1) is 15.4. The van der Waals surface area contributed by atoms with Crippen LogP contribution in [0.4, 0.5) is 10.2 Å². The first-order valence-electron chi connectivity index (χ1n) is 10.7. The second-order valence-electron chi connectivity index (χ2n) is 8.89. The molecule has 2 aliphatic heterocycles. The number of benzene rings is 2. The van der Waals surface area contributed by atoms with E-state index in [0.29, 0.717) is 29.9 Å². The predicted octanol–water partition coefficient (Wildman–Crippen LogP) is 3.29. The van der Waals surface area contributed by atoms with Crippen molar-refractivity contribution in [2.75, 3.05) is 25.9 Å². The Bertz CT molecular complexity index is 1320. The van der Waals surface area contributed by atoms with E-state index >= 15 is 0 Å². The van der Waals surface area contributed by atoms with E-state index < -0.39 is 5.82 Å². The van der Waals surface area contributed by atoms with Crippen LogP contribution in [-0.4, -0.2) is 40.9 Å². The lowest BCUT2D eigenvalue weighted by molar-refractivity contribution is 0.0945. The normalized spacial score (nSPS) is 21.0. The Morgan fingerprint density at radius 1 is 1.19 bits per heavy atom. The largest absolute Gasteiger partial charge is 0.382 e. The number of likely N-dealkylation sites (N-methyl/N-ethyl adjacent to an activating group) is 1. The van der Waals surface area contributed by atoms with Crippen LogP contribution in [0.1, 0.15) is 27.9 Å². The monoisotopic (exact) mass is 427 g/mol. The zero-order valence-corrected chi connectivity index (χ0v) is 17.7. The second-order valence-corrected chi connectivity index (χ2v) is 8.89. The van der Waals surface area contributed by atoms with E-state index in [2.05, 4.69) is 45.6 Å². The number of nitrogens with one attached hydrogen (secondary N) is 1. The van der Waals surface area contributed by atoms with E-state index in [4.69, 9.17) is 5.73 Å². The molecule has 1 aromatic heterocycles. The Balaban J connectivity index is 1.36. The summed E-state index contributed by atoms with van der Waals surface area (Å²) in [5, 5.41) is 2.73. The zero-order valence-electron chi connectivity index (χ0n) is 17.7. The number of aromatic nitrogens is 2. The first-order valence-corrected chi connectivity index (χ1v) is 10.7. The van der Waals surface area contributed by atoms with Gasteiger partial charge in [0.1, 0.15) is 17.3 Å². The van der Waals surface area contributed by atoms with Gasteiger partial charge in [0, 0.05) is 42.2 Å². The van der Waals surface area contributed by atoms with Crippen LogP contribution in [0.15, 0.2) is 54.4 Å². The third-order valence-electron chi connectivity index (χ3n) is 6.78. The summed E-state index contributed by atoms with van der Waals surface area (Å²) in [5.74, 6) is -0.636. The molecule has 3 N–H and O–H groups in total. The molecule has 1 fully saturated rings. The number of amides is 1. The van der Waals surface area contributed by atoms with Gasteiger partial charge in [-0.2, -0.15) is 0 Å². The van der Waals surface area contributed by atoms with Gasteiger partial charge in [-0.25, -0.2) is 14.4 Å². The predicted molar refractivity (Wildman–Crippen MR) is 120 cm³/mol.